The molecule has 1 aliphatic rings. The van der Waals surface area contributed by atoms with E-state index in [9.17, 15) is 0 Å². The highest BCUT2D eigenvalue weighted by molar-refractivity contribution is 6.27. The van der Waals surface area contributed by atoms with Crippen molar-refractivity contribution in [2.24, 2.45) is 0 Å². The summed E-state index contributed by atoms with van der Waals surface area (Å²) in [4.78, 5) is 23.3. The predicted octanol–water partition coefficient (Wildman–Crippen LogP) is 2.88. The lowest BCUT2D eigenvalue weighted by Gasteiger charge is -2.34. The molecule has 1 heterocycles. The zero-order valence-corrected chi connectivity index (χ0v) is 18.9. The molecule has 0 unspecified atom stereocenters. The predicted molar refractivity (Wildman–Crippen MR) is 121 cm³/mol. The van der Waals surface area contributed by atoms with E-state index in [1.165, 1.54) is 16.7 Å². The first-order valence-corrected chi connectivity index (χ1v) is 10.6. The summed E-state index contributed by atoms with van der Waals surface area (Å²) in [5, 5.41) is 14.8. The Balaban J connectivity index is 0.000000534. The summed E-state index contributed by atoms with van der Waals surface area (Å²) in [7, 11) is 1.69. The van der Waals surface area contributed by atoms with Crippen molar-refractivity contribution in [3.63, 3.8) is 0 Å². The van der Waals surface area contributed by atoms with E-state index in [1.807, 2.05) is 13.0 Å². The van der Waals surface area contributed by atoms with E-state index in [4.69, 9.17) is 29.3 Å². The molecule has 0 amide bonds. The summed E-state index contributed by atoms with van der Waals surface area (Å²) in [5.74, 6) is -2.01. The first-order chi connectivity index (χ1) is 15.3. The second-order valence-corrected chi connectivity index (χ2v) is 7.57. The van der Waals surface area contributed by atoms with E-state index in [0.29, 0.717) is 6.61 Å². The smallest absolute Gasteiger partial charge is 0.414 e. The lowest BCUT2D eigenvalue weighted by Crippen LogP contribution is -2.45. The highest BCUT2D eigenvalue weighted by Crippen LogP contribution is 2.28. The second kappa shape index (κ2) is 12.7. The average Bonchev–Trinajstić information content (AvgIpc) is 2.77. The van der Waals surface area contributed by atoms with Gasteiger partial charge in [0, 0.05) is 39.3 Å². The van der Waals surface area contributed by atoms with Crippen molar-refractivity contribution in [1.29, 1.82) is 0 Å². The minimum atomic E-state index is -1.82. The molecule has 3 rings (SSSR count). The Bertz CT molecular complexity index is 865. The van der Waals surface area contributed by atoms with Gasteiger partial charge in [-0.05, 0) is 37.1 Å². The van der Waals surface area contributed by atoms with Crippen LogP contribution in [0.4, 0.5) is 0 Å². The fraction of sp³-hybridized carbons (Fsp3) is 0.417. The molecule has 0 spiro atoms. The van der Waals surface area contributed by atoms with E-state index in [2.05, 4.69) is 53.1 Å². The van der Waals surface area contributed by atoms with Gasteiger partial charge in [-0.2, -0.15) is 0 Å². The van der Waals surface area contributed by atoms with Crippen molar-refractivity contribution in [3.05, 3.63) is 59.2 Å². The zero-order valence-electron chi connectivity index (χ0n) is 18.9. The van der Waals surface area contributed by atoms with E-state index >= 15 is 0 Å². The molecule has 2 aromatic carbocycles. The molecule has 8 nitrogen and oxygen atoms in total. The number of carbonyl (C=O) groups is 2. The summed E-state index contributed by atoms with van der Waals surface area (Å²) in [6.45, 7) is 11.2. The molecule has 0 bridgehead atoms. The molecule has 0 saturated carbocycles. The van der Waals surface area contributed by atoms with Crippen LogP contribution >= 0.6 is 0 Å². The quantitative estimate of drug-likeness (QED) is 0.629. The van der Waals surface area contributed by atoms with Crippen LogP contribution in [0.15, 0.2) is 42.5 Å². The van der Waals surface area contributed by atoms with E-state index in [1.54, 1.807) is 7.11 Å². The van der Waals surface area contributed by atoms with Crippen molar-refractivity contribution >= 4 is 11.9 Å². The van der Waals surface area contributed by atoms with Crippen LogP contribution in [0.1, 0.15) is 23.6 Å². The van der Waals surface area contributed by atoms with Crippen molar-refractivity contribution in [2.45, 2.75) is 26.9 Å². The molecule has 2 N–H and O–H groups in total. The second-order valence-electron chi connectivity index (χ2n) is 7.57. The van der Waals surface area contributed by atoms with Gasteiger partial charge in [-0.15, -0.1) is 0 Å². The third kappa shape index (κ3) is 8.20. The van der Waals surface area contributed by atoms with E-state index < -0.39 is 11.9 Å². The number of piperazine rings is 1. The highest BCUT2D eigenvalue weighted by atomic mass is 16.5. The average molecular weight is 445 g/mol. The number of aliphatic carboxylic acids is 2. The van der Waals surface area contributed by atoms with Crippen molar-refractivity contribution < 1.29 is 29.3 Å². The maximum Gasteiger partial charge on any atom is 0.414 e. The molecule has 0 aromatic heterocycles. The Labute approximate surface area is 189 Å². The molecular formula is C24H32N2O6. The Hall–Kier alpha value is -3.10. The van der Waals surface area contributed by atoms with Gasteiger partial charge < -0.3 is 19.7 Å². The Morgan fingerprint density at radius 1 is 0.844 bits per heavy atom. The molecule has 1 saturated heterocycles. The summed E-state index contributed by atoms with van der Waals surface area (Å²) < 4.78 is 11.1. The maximum atomic E-state index is 9.10. The Morgan fingerprint density at radius 2 is 1.34 bits per heavy atom. The van der Waals surface area contributed by atoms with E-state index in [-0.39, 0.29) is 0 Å². The number of carboxylic acids is 2. The SMILES string of the molecule is CCOc1cc(CN2CCN(Cc3ccc(C)cc3)CC2)ccc1OC.O=C(O)C(=O)O. The van der Waals surface area contributed by atoms with Crippen molar-refractivity contribution in [2.75, 3.05) is 39.9 Å². The third-order valence-corrected chi connectivity index (χ3v) is 5.11. The summed E-state index contributed by atoms with van der Waals surface area (Å²) in [5.41, 5.74) is 4.01. The van der Waals surface area contributed by atoms with E-state index in [0.717, 1.165) is 50.8 Å². The lowest BCUT2D eigenvalue weighted by molar-refractivity contribution is -0.159. The van der Waals surface area contributed by atoms with Crippen LogP contribution in [0, 0.1) is 6.92 Å². The maximum absolute atomic E-state index is 9.10. The zero-order chi connectivity index (χ0) is 23.5. The normalized spacial score (nSPS) is 14.2. The molecule has 2 aromatic rings. The largest absolute Gasteiger partial charge is 0.493 e. The van der Waals surface area contributed by atoms with Crippen LogP contribution in [-0.2, 0) is 22.7 Å². The lowest BCUT2D eigenvalue weighted by atomic mass is 10.1. The molecule has 1 aliphatic heterocycles. The molecule has 1 fully saturated rings. The number of rotatable bonds is 7. The molecule has 32 heavy (non-hydrogen) atoms. The molecular weight excluding hydrogens is 412 g/mol. The highest BCUT2D eigenvalue weighted by Gasteiger charge is 2.17. The number of carboxylic acid groups (broad SMARTS) is 2. The van der Waals surface area contributed by atoms with Gasteiger partial charge in [0.05, 0.1) is 13.7 Å². The molecule has 0 radical (unpaired) electrons. The first kappa shape index (κ1) is 25.2. The number of hydrogen-bond donors (Lipinski definition) is 2. The summed E-state index contributed by atoms with van der Waals surface area (Å²) in [6.07, 6.45) is 0. The van der Waals surface area contributed by atoms with Gasteiger partial charge >= 0.3 is 11.9 Å². The van der Waals surface area contributed by atoms with Crippen LogP contribution in [0.3, 0.4) is 0 Å². The van der Waals surface area contributed by atoms with Gasteiger partial charge in [-0.1, -0.05) is 35.9 Å². The molecule has 0 atom stereocenters. The van der Waals surface area contributed by atoms with Crippen LogP contribution < -0.4 is 9.47 Å². The number of aryl methyl sites for hydroxylation is 1. The van der Waals surface area contributed by atoms with Gasteiger partial charge in [0.2, 0.25) is 0 Å². The number of ether oxygens (including phenoxy) is 2. The minimum absolute atomic E-state index is 0.650. The third-order valence-electron chi connectivity index (χ3n) is 5.11. The Morgan fingerprint density at radius 3 is 1.81 bits per heavy atom. The number of benzene rings is 2. The molecule has 174 valence electrons. The molecule has 0 aliphatic carbocycles. The van der Waals surface area contributed by atoms with Gasteiger partial charge in [0.15, 0.2) is 11.5 Å². The van der Waals surface area contributed by atoms with Crippen LogP contribution in [-0.4, -0.2) is 71.8 Å². The topological polar surface area (TPSA) is 99.5 Å². The first-order valence-electron chi connectivity index (χ1n) is 10.6. The van der Waals surface area contributed by atoms with Crippen LogP contribution in [0.25, 0.3) is 0 Å². The summed E-state index contributed by atoms with van der Waals surface area (Å²) >= 11 is 0. The van der Waals surface area contributed by atoms with Crippen molar-refractivity contribution in [3.8, 4) is 11.5 Å². The Kier molecular flexibility index (Phi) is 9.97. The van der Waals surface area contributed by atoms with Gasteiger partial charge in [0.1, 0.15) is 0 Å². The van der Waals surface area contributed by atoms with Crippen LogP contribution in [0.5, 0.6) is 11.5 Å². The molecule has 8 heteroatoms. The monoisotopic (exact) mass is 444 g/mol. The van der Waals surface area contributed by atoms with Crippen LogP contribution in [0.2, 0.25) is 0 Å². The van der Waals surface area contributed by atoms with Gasteiger partial charge in [-0.25, -0.2) is 9.59 Å². The van der Waals surface area contributed by atoms with Gasteiger partial charge in [-0.3, -0.25) is 9.80 Å². The van der Waals surface area contributed by atoms with Gasteiger partial charge in [0.25, 0.3) is 0 Å². The number of methoxy groups -OCH3 is 1. The number of hydrogen-bond acceptors (Lipinski definition) is 6. The van der Waals surface area contributed by atoms with Crippen molar-refractivity contribution in [1.82, 2.24) is 9.80 Å². The summed E-state index contributed by atoms with van der Waals surface area (Å²) in [6, 6.07) is 15.1. The fourth-order valence-corrected chi connectivity index (χ4v) is 3.40. The minimum Gasteiger partial charge on any atom is -0.493 e. The standard InChI is InChI=1S/C22H30N2O2.C2H2O4/c1-4-26-22-15-20(9-10-21(22)25-3)17-24-13-11-23(12-14-24)16-19-7-5-18(2)6-8-19;3-1(4)2(5)6/h5-10,15H,4,11-14,16-17H2,1-3H3;(H,3,4)(H,5,6). The fourth-order valence-electron chi connectivity index (χ4n) is 3.40. The number of nitrogens with zero attached hydrogens (tertiary/aromatic N) is 2.